The number of hydrogen-bond acceptors (Lipinski definition) is 6. The van der Waals surface area contributed by atoms with Crippen LogP contribution in [0.2, 0.25) is 0 Å². The maximum Gasteiger partial charge on any atom is 0.289 e. The van der Waals surface area contributed by atoms with Crippen molar-refractivity contribution >= 4 is 33.5 Å². The average molecular weight is 434 g/mol. The van der Waals surface area contributed by atoms with Crippen molar-refractivity contribution in [1.82, 2.24) is 15.1 Å². The smallest absolute Gasteiger partial charge is 0.289 e. The lowest BCUT2D eigenvalue weighted by atomic mass is 10.0. The van der Waals surface area contributed by atoms with Gasteiger partial charge in [0.15, 0.2) is 22.1 Å². The maximum absolute atomic E-state index is 12.5. The molecule has 2 aromatic heterocycles. The first-order chi connectivity index (χ1) is 13.1. The number of hydrogen-bond donors (Lipinski definition) is 0. The molecule has 0 saturated carbocycles. The van der Waals surface area contributed by atoms with Crippen LogP contribution in [0, 0.1) is 0 Å². The molecule has 0 N–H and O–H groups in total. The first-order valence-corrected chi connectivity index (χ1v) is 10.3. The van der Waals surface area contributed by atoms with Crippen LogP contribution in [0.25, 0.3) is 0 Å². The van der Waals surface area contributed by atoms with E-state index in [2.05, 4.69) is 48.9 Å². The number of aromatic nitrogens is 2. The van der Waals surface area contributed by atoms with Crippen LogP contribution >= 0.6 is 15.9 Å². The average Bonchev–Trinajstić information content (AvgIpc) is 3.14. The van der Waals surface area contributed by atoms with Crippen LogP contribution in [0.3, 0.4) is 0 Å². The van der Waals surface area contributed by atoms with Gasteiger partial charge in [-0.1, -0.05) is 0 Å². The topological polar surface area (TPSA) is 65.7 Å². The van der Waals surface area contributed by atoms with Crippen molar-refractivity contribution in [1.29, 1.82) is 0 Å². The predicted octanol–water partition coefficient (Wildman–Crippen LogP) is 3.17. The molecule has 0 aromatic carbocycles. The van der Waals surface area contributed by atoms with Gasteiger partial charge >= 0.3 is 0 Å². The molecule has 8 heteroatoms. The van der Waals surface area contributed by atoms with Gasteiger partial charge in [0, 0.05) is 38.8 Å². The van der Waals surface area contributed by atoms with Crippen LogP contribution in [-0.2, 0) is 0 Å². The Morgan fingerprint density at radius 2 is 1.78 bits per heavy atom. The van der Waals surface area contributed by atoms with E-state index in [4.69, 9.17) is 4.42 Å². The second-order valence-electron chi connectivity index (χ2n) is 7.17. The van der Waals surface area contributed by atoms with Crippen LogP contribution < -0.4 is 9.80 Å². The second kappa shape index (κ2) is 7.88. The van der Waals surface area contributed by atoms with Gasteiger partial charge < -0.3 is 19.1 Å². The van der Waals surface area contributed by atoms with E-state index in [0.29, 0.717) is 29.6 Å². The maximum atomic E-state index is 12.5. The Hall–Kier alpha value is -2.09. The van der Waals surface area contributed by atoms with Crippen LogP contribution in [-0.4, -0.2) is 59.8 Å². The Kier molecular flexibility index (Phi) is 5.33. The summed E-state index contributed by atoms with van der Waals surface area (Å²) in [5.74, 6) is 2.13. The van der Waals surface area contributed by atoms with E-state index >= 15 is 0 Å². The fourth-order valence-electron chi connectivity index (χ4n) is 3.80. The number of halogens is 1. The molecular weight excluding hydrogens is 410 g/mol. The van der Waals surface area contributed by atoms with Crippen molar-refractivity contribution in [2.45, 2.75) is 32.2 Å². The summed E-state index contributed by atoms with van der Waals surface area (Å²) in [6.07, 6.45) is 3.72. The molecule has 0 aliphatic carbocycles. The fourth-order valence-corrected chi connectivity index (χ4v) is 4.11. The number of piperazine rings is 1. The summed E-state index contributed by atoms with van der Waals surface area (Å²) in [6, 6.07) is 8.08. The summed E-state index contributed by atoms with van der Waals surface area (Å²) in [4.78, 5) is 18.8. The molecule has 7 nitrogen and oxygen atoms in total. The van der Waals surface area contributed by atoms with Gasteiger partial charge in [-0.2, -0.15) is 0 Å². The number of carbonyl (C=O) groups is 1. The number of rotatable bonds is 3. The number of anilines is 2. The normalized spacial score (nSPS) is 20.8. The van der Waals surface area contributed by atoms with Crippen molar-refractivity contribution < 1.29 is 9.21 Å². The van der Waals surface area contributed by atoms with Gasteiger partial charge in [0.05, 0.1) is 0 Å². The minimum Gasteiger partial charge on any atom is -0.444 e. The lowest BCUT2D eigenvalue weighted by Crippen LogP contribution is -2.49. The number of carbonyl (C=O) groups excluding carboxylic acids is 1. The molecule has 2 aromatic rings. The molecule has 2 aliphatic rings. The number of furan rings is 1. The van der Waals surface area contributed by atoms with E-state index in [9.17, 15) is 4.79 Å². The Balaban J connectivity index is 1.36. The summed E-state index contributed by atoms with van der Waals surface area (Å²) < 4.78 is 5.95. The molecule has 2 saturated heterocycles. The van der Waals surface area contributed by atoms with E-state index < -0.39 is 0 Å². The van der Waals surface area contributed by atoms with Crippen LogP contribution in [0.1, 0.15) is 36.7 Å². The van der Waals surface area contributed by atoms with E-state index in [1.54, 1.807) is 12.1 Å². The Bertz CT molecular complexity index is 786. The molecule has 4 rings (SSSR count). The van der Waals surface area contributed by atoms with Gasteiger partial charge in [-0.3, -0.25) is 4.79 Å². The van der Waals surface area contributed by atoms with E-state index in [-0.39, 0.29) is 5.91 Å². The first kappa shape index (κ1) is 18.3. The lowest BCUT2D eigenvalue weighted by Gasteiger charge is -2.36. The third-order valence-corrected chi connectivity index (χ3v) is 5.83. The zero-order valence-corrected chi connectivity index (χ0v) is 17.1. The SMILES string of the molecule is CC1CCCCN1c1ccc(N2CCN(C(=O)c3ccc(Br)o3)CC2)nn1. The summed E-state index contributed by atoms with van der Waals surface area (Å²) >= 11 is 3.24. The summed E-state index contributed by atoms with van der Waals surface area (Å²) in [7, 11) is 0. The molecule has 0 spiro atoms. The third kappa shape index (κ3) is 3.95. The van der Waals surface area contributed by atoms with Crippen molar-refractivity contribution in [2.75, 3.05) is 42.5 Å². The summed E-state index contributed by atoms with van der Waals surface area (Å²) in [5.41, 5.74) is 0. The second-order valence-corrected chi connectivity index (χ2v) is 7.95. The van der Waals surface area contributed by atoms with Gasteiger partial charge in [-0.25, -0.2) is 0 Å². The fraction of sp³-hybridized carbons (Fsp3) is 0.526. The van der Waals surface area contributed by atoms with Gasteiger partial charge in [0.1, 0.15) is 0 Å². The van der Waals surface area contributed by atoms with E-state index in [0.717, 1.165) is 31.3 Å². The van der Waals surface area contributed by atoms with Crippen molar-refractivity contribution in [3.8, 4) is 0 Å². The highest BCUT2D eigenvalue weighted by atomic mass is 79.9. The molecule has 2 aliphatic heterocycles. The van der Waals surface area contributed by atoms with Crippen LogP contribution in [0.5, 0.6) is 0 Å². The monoisotopic (exact) mass is 433 g/mol. The molecule has 4 heterocycles. The largest absolute Gasteiger partial charge is 0.444 e. The van der Waals surface area contributed by atoms with Gasteiger partial charge in [0.25, 0.3) is 5.91 Å². The highest BCUT2D eigenvalue weighted by molar-refractivity contribution is 9.10. The Labute approximate surface area is 167 Å². The van der Waals surface area contributed by atoms with Crippen molar-refractivity contribution in [2.24, 2.45) is 0 Å². The van der Waals surface area contributed by atoms with E-state index in [1.807, 2.05) is 11.0 Å². The molecule has 27 heavy (non-hydrogen) atoms. The van der Waals surface area contributed by atoms with Crippen LogP contribution in [0.15, 0.2) is 33.4 Å². The molecule has 1 atom stereocenters. The molecule has 0 bridgehead atoms. The highest BCUT2D eigenvalue weighted by Gasteiger charge is 2.25. The quantitative estimate of drug-likeness (QED) is 0.740. The predicted molar refractivity (Wildman–Crippen MR) is 107 cm³/mol. The molecule has 144 valence electrons. The number of amides is 1. The van der Waals surface area contributed by atoms with Crippen molar-refractivity contribution in [3.63, 3.8) is 0 Å². The standard InChI is InChI=1S/C19H24BrN5O2/c1-14-4-2-3-9-25(14)18-8-7-17(21-22-18)23-10-12-24(13-11-23)19(26)15-5-6-16(20)27-15/h5-8,14H,2-4,9-13H2,1H3. The Morgan fingerprint density at radius 1 is 1.04 bits per heavy atom. The highest BCUT2D eigenvalue weighted by Crippen LogP contribution is 2.24. The Morgan fingerprint density at radius 3 is 2.41 bits per heavy atom. The minimum absolute atomic E-state index is 0.0686. The molecule has 1 amide bonds. The molecular formula is C19H24BrN5O2. The molecule has 2 fully saturated rings. The zero-order chi connectivity index (χ0) is 18.8. The first-order valence-electron chi connectivity index (χ1n) is 9.52. The number of piperidine rings is 1. The van der Waals surface area contributed by atoms with Gasteiger partial charge in [-0.05, 0) is 66.4 Å². The number of nitrogens with zero attached hydrogens (tertiary/aromatic N) is 5. The van der Waals surface area contributed by atoms with Gasteiger partial charge in [0.2, 0.25) is 0 Å². The molecule has 0 radical (unpaired) electrons. The van der Waals surface area contributed by atoms with E-state index in [1.165, 1.54) is 19.3 Å². The molecule has 1 unspecified atom stereocenters. The summed E-state index contributed by atoms with van der Waals surface area (Å²) in [5, 5.41) is 8.92. The third-order valence-electron chi connectivity index (χ3n) is 5.41. The zero-order valence-electron chi connectivity index (χ0n) is 15.5. The van der Waals surface area contributed by atoms with Gasteiger partial charge in [-0.15, -0.1) is 10.2 Å². The van der Waals surface area contributed by atoms with Crippen LogP contribution in [0.4, 0.5) is 11.6 Å². The summed E-state index contributed by atoms with van der Waals surface area (Å²) in [6.45, 7) is 6.07. The minimum atomic E-state index is -0.0686. The lowest BCUT2D eigenvalue weighted by molar-refractivity contribution is 0.0713. The van der Waals surface area contributed by atoms with Crippen molar-refractivity contribution in [3.05, 3.63) is 34.7 Å².